The molecule has 156 valence electrons. The Bertz CT molecular complexity index is 731. The van der Waals surface area contributed by atoms with Gasteiger partial charge in [-0.1, -0.05) is 54.6 Å². The van der Waals surface area contributed by atoms with Crippen LogP contribution < -0.4 is 5.32 Å². The number of hydrogen-bond donors (Lipinski definition) is 1. The Morgan fingerprint density at radius 1 is 1.03 bits per heavy atom. The van der Waals surface area contributed by atoms with Gasteiger partial charge in [0.2, 0.25) is 0 Å². The van der Waals surface area contributed by atoms with Crippen LogP contribution in [-0.2, 0) is 29.1 Å². The van der Waals surface area contributed by atoms with E-state index >= 15 is 0 Å². The van der Waals surface area contributed by atoms with Crippen LogP contribution >= 0.6 is 0 Å². The predicted octanol–water partition coefficient (Wildman–Crippen LogP) is 2.88. The van der Waals surface area contributed by atoms with E-state index in [-0.39, 0.29) is 6.03 Å². The first-order chi connectivity index (χ1) is 14.2. The average molecular weight is 398 g/mol. The molecule has 0 aliphatic carbocycles. The second-order valence-corrected chi connectivity index (χ2v) is 7.26. The Hall–Kier alpha value is -2.41. The van der Waals surface area contributed by atoms with Crippen LogP contribution in [0.15, 0.2) is 54.6 Å². The third kappa shape index (κ3) is 7.16. The van der Waals surface area contributed by atoms with Crippen LogP contribution in [0.25, 0.3) is 0 Å². The summed E-state index contributed by atoms with van der Waals surface area (Å²) < 4.78 is 10.6. The van der Waals surface area contributed by atoms with E-state index in [0.29, 0.717) is 26.2 Å². The molecule has 6 heteroatoms. The quantitative estimate of drug-likeness (QED) is 0.707. The molecule has 0 spiro atoms. The summed E-state index contributed by atoms with van der Waals surface area (Å²) in [7, 11) is 1.65. The molecule has 1 saturated heterocycles. The number of nitrogens with zero attached hydrogens (tertiary/aromatic N) is 2. The molecule has 0 unspecified atom stereocenters. The monoisotopic (exact) mass is 397 g/mol. The molecule has 0 atom stereocenters. The van der Waals surface area contributed by atoms with Gasteiger partial charge in [0, 0.05) is 46.4 Å². The minimum absolute atomic E-state index is 0.0803. The minimum Gasteiger partial charge on any atom is -0.383 e. The van der Waals surface area contributed by atoms with Gasteiger partial charge in [-0.3, -0.25) is 4.90 Å². The van der Waals surface area contributed by atoms with E-state index in [9.17, 15) is 4.79 Å². The van der Waals surface area contributed by atoms with E-state index in [0.717, 1.165) is 44.0 Å². The van der Waals surface area contributed by atoms with E-state index in [2.05, 4.69) is 34.5 Å². The van der Waals surface area contributed by atoms with Crippen molar-refractivity contribution in [1.29, 1.82) is 0 Å². The van der Waals surface area contributed by atoms with Gasteiger partial charge in [0.1, 0.15) is 0 Å². The standard InChI is InChI=1S/C23H31N3O3/c1-28-14-13-26(19-21-5-3-2-4-6-21)23(27)24-17-20-7-9-22(10-8-20)18-25-11-15-29-16-12-25/h2-10H,11-19H2,1H3,(H,24,27). The van der Waals surface area contributed by atoms with Gasteiger partial charge >= 0.3 is 6.03 Å². The molecule has 0 aromatic heterocycles. The van der Waals surface area contributed by atoms with Crippen LogP contribution in [-0.4, -0.2) is 62.4 Å². The first kappa shape index (κ1) is 21.3. The summed E-state index contributed by atoms with van der Waals surface area (Å²) in [5.41, 5.74) is 3.48. The number of carbonyl (C=O) groups is 1. The van der Waals surface area contributed by atoms with Crippen molar-refractivity contribution in [2.24, 2.45) is 0 Å². The Kier molecular flexibility index (Phi) is 8.49. The summed E-state index contributed by atoms with van der Waals surface area (Å²) >= 11 is 0. The summed E-state index contributed by atoms with van der Waals surface area (Å²) in [6.45, 7) is 6.67. The number of carbonyl (C=O) groups excluding carboxylic acids is 1. The van der Waals surface area contributed by atoms with Crippen molar-refractivity contribution in [2.75, 3.05) is 46.6 Å². The largest absolute Gasteiger partial charge is 0.383 e. The van der Waals surface area contributed by atoms with Gasteiger partial charge in [0.25, 0.3) is 0 Å². The number of urea groups is 1. The maximum atomic E-state index is 12.7. The smallest absolute Gasteiger partial charge is 0.318 e. The highest BCUT2D eigenvalue weighted by Crippen LogP contribution is 2.10. The van der Waals surface area contributed by atoms with Gasteiger partial charge in [-0.15, -0.1) is 0 Å². The number of methoxy groups -OCH3 is 1. The van der Waals surface area contributed by atoms with Gasteiger partial charge in [-0.2, -0.15) is 0 Å². The molecule has 2 aromatic carbocycles. The van der Waals surface area contributed by atoms with E-state index in [1.165, 1.54) is 5.56 Å². The van der Waals surface area contributed by atoms with Crippen molar-refractivity contribution >= 4 is 6.03 Å². The molecule has 3 rings (SSSR count). The summed E-state index contributed by atoms with van der Waals surface area (Å²) in [4.78, 5) is 16.9. The number of benzene rings is 2. The predicted molar refractivity (Wildman–Crippen MR) is 114 cm³/mol. The number of nitrogens with one attached hydrogen (secondary N) is 1. The highest BCUT2D eigenvalue weighted by atomic mass is 16.5. The van der Waals surface area contributed by atoms with Crippen molar-refractivity contribution in [3.63, 3.8) is 0 Å². The molecular formula is C23H31N3O3. The molecule has 2 amide bonds. The molecule has 1 aliphatic rings. The summed E-state index contributed by atoms with van der Waals surface area (Å²) in [6.07, 6.45) is 0. The number of amides is 2. The molecule has 29 heavy (non-hydrogen) atoms. The fraction of sp³-hybridized carbons (Fsp3) is 0.435. The van der Waals surface area contributed by atoms with Gasteiger partial charge in [0.15, 0.2) is 0 Å². The third-order valence-electron chi connectivity index (χ3n) is 5.05. The second-order valence-electron chi connectivity index (χ2n) is 7.26. The van der Waals surface area contributed by atoms with E-state index in [1.807, 2.05) is 30.3 Å². The summed E-state index contributed by atoms with van der Waals surface area (Å²) in [6, 6.07) is 18.4. The number of rotatable bonds is 9. The Labute approximate surface area is 173 Å². The first-order valence-corrected chi connectivity index (χ1v) is 10.2. The minimum atomic E-state index is -0.0803. The topological polar surface area (TPSA) is 54.0 Å². The Morgan fingerprint density at radius 3 is 2.41 bits per heavy atom. The zero-order valence-corrected chi connectivity index (χ0v) is 17.2. The van der Waals surface area contributed by atoms with Crippen LogP contribution in [0, 0.1) is 0 Å². The lowest BCUT2D eigenvalue weighted by atomic mass is 10.1. The molecule has 0 radical (unpaired) electrons. The molecule has 6 nitrogen and oxygen atoms in total. The van der Waals surface area contributed by atoms with Crippen molar-refractivity contribution in [3.8, 4) is 0 Å². The lowest BCUT2D eigenvalue weighted by Gasteiger charge is -2.26. The van der Waals surface area contributed by atoms with Crippen molar-refractivity contribution < 1.29 is 14.3 Å². The van der Waals surface area contributed by atoms with Crippen molar-refractivity contribution in [3.05, 3.63) is 71.3 Å². The van der Waals surface area contributed by atoms with E-state index in [1.54, 1.807) is 12.0 Å². The highest BCUT2D eigenvalue weighted by Gasteiger charge is 2.14. The van der Waals surface area contributed by atoms with Gasteiger partial charge < -0.3 is 19.7 Å². The number of morpholine rings is 1. The molecule has 1 heterocycles. The van der Waals surface area contributed by atoms with Gasteiger partial charge in [-0.05, 0) is 16.7 Å². The zero-order chi connectivity index (χ0) is 20.3. The Morgan fingerprint density at radius 2 is 1.72 bits per heavy atom. The van der Waals surface area contributed by atoms with Gasteiger partial charge in [-0.25, -0.2) is 4.79 Å². The third-order valence-corrected chi connectivity index (χ3v) is 5.05. The lowest BCUT2D eigenvalue weighted by Crippen LogP contribution is -2.40. The SMILES string of the molecule is COCCN(Cc1ccccc1)C(=O)NCc1ccc(CN2CCOCC2)cc1. The maximum absolute atomic E-state index is 12.7. The van der Waals surface area contributed by atoms with Crippen molar-refractivity contribution in [1.82, 2.24) is 15.1 Å². The molecule has 0 bridgehead atoms. The normalized spacial score (nSPS) is 14.5. The number of hydrogen-bond acceptors (Lipinski definition) is 4. The van der Waals surface area contributed by atoms with Crippen LogP contribution in [0.4, 0.5) is 4.79 Å². The van der Waals surface area contributed by atoms with Crippen LogP contribution in [0.2, 0.25) is 0 Å². The van der Waals surface area contributed by atoms with Crippen LogP contribution in [0.1, 0.15) is 16.7 Å². The molecule has 1 fully saturated rings. The van der Waals surface area contributed by atoms with E-state index < -0.39 is 0 Å². The lowest BCUT2D eigenvalue weighted by molar-refractivity contribution is 0.0342. The summed E-state index contributed by atoms with van der Waals surface area (Å²) in [5.74, 6) is 0. The number of ether oxygens (including phenoxy) is 2. The van der Waals surface area contributed by atoms with Crippen LogP contribution in [0.3, 0.4) is 0 Å². The molecule has 0 saturated carbocycles. The van der Waals surface area contributed by atoms with E-state index in [4.69, 9.17) is 9.47 Å². The maximum Gasteiger partial charge on any atom is 0.318 e. The second kappa shape index (κ2) is 11.6. The fourth-order valence-electron chi connectivity index (χ4n) is 3.33. The molecule has 1 N–H and O–H groups in total. The molecule has 2 aromatic rings. The zero-order valence-electron chi connectivity index (χ0n) is 17.2. The van der Waals surface area contributed by atoms with Crippen molar-refractivity contribution in [2.45, 2.75) is 19.6 Å². The van der Waals surface area contributed by atoms with Crippen LogP contribution in [0.5, 0.6) is 0 Å². The molecular weight excluding hydrogens is 366 g/mol. The molecule has 1 aliphatic heterocycles. The Balaban J connectivity index is 1.50. The first-order valence-electron chi connectivity index (χ1n) is 10.2. The fourth-order valence-corrected chi connectivity index (χ4v) is 3.33. The summed E-state index contributed by atoms with van der Waals surface area (Å²) in [5, 5.41) is 3.03. The van der Waals surface area contributed by atoms with Gasteiger partial charge in [0.05, 0.1) is 19.8 Å². The average Bonchev–Trinajstić information content (AvgIpc) is 2.77. The highest BCUT2D eigenvalue weighted by molar-refractivity contribution is 5.74.